The fourth-order valence-corrected chi connectivity index (χ4v) is 2.26. The molecule has 1 aromatic rings. The third-order valence-corrected chi connectivity index (χ3v) is 3.00. The van der Waals surface area contributed by atoms with Crippen molar-refractivity contribution >= 4 is 11.5 Å². The third-order valence-electron chi connectivity index (χ3n) is 3.00. The summed E-state index contributed by atoms with van der Waals surface area (Å²) in [5.74, 6) is 0.813. The Labute approximate surface area is 107 Å². The summed E-state index contributed by atoms with van der Waals surface area (Å²) in [4.78, 5) is 12.5. The van der Waals surface area contributed by atoms with Gasteiger partial charge in [-0.1, -0.05) is 0 Å². The summed E-state index contributed by atoms with van der Waals surface area (Å²) in [5, 5.41) is 9.80. The van der Waals surface area contributed by atoms with Gasteiger partial charge in [-0.05, 0) is 13.8 Å². The Bertz CT molecular complexity index is 396. The predicted molar refractivity (Wildman–Crippen MR) is 71.4 cm³/mol. The molecule has 0 atom stereocenters. The molecule has 3 N–H and O–H groups in total. The second-order valence-corrected chi connectivity index (χ2v) is 5.38. The van der Waals surface area contributed by atoms with Gasteiger partial charge in [-0.2, -0.15) is 0 Å². The lowest BCUT2D eigenvalue weighted by Crippen LogP contribution is -2.50. The van der Waals surface area contributed by atoms with Gasteiger partial charge in [0, 0.05) is 32.7 Å². The topological polar surface area (TPSA) is 78.5 Å². The average Bonchev–Trinajstić information content (AvgIpc) is 2.29. The molecule has 18 heavy (non-hydrogen) atoms. The summed E-state index contributed by atoms with van der Waals surface area (Å²) in [5.41, 5.74) is 5.84. The minimum absolute atomic E-state index is 0.619. The Morgan fingerprint density at radius 2 is 2.00 bits per heavy atom. The number of nitrogens with zero attached hydrogens (tertiary/aromatic N) is 4. The zero-order valence-corrected chi connectivity index (χ0v) is 11.0. The van der Waals surface area contributed by atoms with Crippen LogP contribution in [0.15, 0.2) is 12.5 Å². The van der Waals surface area contributed by atoms with Gasteiger partial charge in [-0.15, -0.1) is 0 Å². The number of hydrogen-bond acceptors (Lipinski definition) is 6. The number of nitrogens with two attached hydrogens (primary N) is 1. The molecule has 1 aliphatic rings. The number of rotatable bonds is 3. The molecule has 1 aliphatic heterocycles. The number of aromatic nitrogens is 2. The maximum Gasteiger partial charge on any atom is 0.155 e. The minimum atomic E-state index is -0.643. The first-order chi connectivity index (χ1) is 8.46. The van der Waals surface area contributed by atoms with E-state index in [1.165, 1.54) is 6.33 Å². The first-order valence-electron chi connectivity index (χ1n) is 6.21. The number of aliphatic hydroxyl groups is 1. The van der Waals surface area contributed by atoms with Crippen molar-refractivity contribution in [2.45, 2.75) is 19.4 Å². The van der Waals surface area contributed by atoms with Gasteiger partial charge < -0.3 is 15.7 Å². The zero-order valence-electron chi connectivity index (χ0n) is 11.0. The second-order valence-electron chi connectivity index (χ2n) is 5.38. The van der Waals surface area contributed by atoms with E-state index >= 15 is 0 Å². The Hall–Kier alpha value is -1.40. The number of hydrogen-bond donors (Lipinski definition) is 2. The van der Waals surface area contributed by atoms with Crippen LogP contribution in [0, 0.1) is 0 Å². The van der Waals surface area contributed by atoms with Crippen molar-refractivity contribution in [2.24, 2.45) is 0 Å². The van der Waals surface area contributed by atoms with E-state index in [4.69, 9.17) is 5.73 Å². The van der Waals surface area contributed by atoms with Gasteiger partial charge in [0.2, 0.25) is 0 Å². The van der Waals surface area contributed by atoms with Crippen LogP contribution in [0.3, 0.4) is 0 Å². The molecule has 0 spiro atoms. The van der Waals surface area contributed by atoms with E-state index < -0.39 is 5.60 Å². The summed E-state index contributed by atoms with van der Waals surface area (Å²) >= 11 is 0. The van der Waals surface area contributed by atoms with Crippen LogP contribution in [-0.4, -0.2) is 58.3 Å². The van der Waals surface area contributed by atoms with Crippen LogP contribution >= 0.6 is 0 Å². The number of anilines is 2. The van der Waals surface area contributed by atoms with Crippen molar-refractivity contribution in [1.82, 2.24) is 14.9 Å². The fraction of sp³-hybridized carbons (Fsp3) is 0.667. The van der Waals surface area contributed by atoms with Crippen LogP contribution in [0.5, 0.6) is 0 Å². The molecule has 1 aromatic heterocycles. The summed E-state index contributed by atoms with van der Waals surface area (Å²) in [6, 6.07) is 0. The van der Waals surface area contributed by atoms with Gasteiger partial charge >= 0.3 is 0 Å². The van der Waals surface area contributed by atoms with Gasteiger partial charge in [0.25, 0.3) is 0 Å². The molecule has 1 saturated heterocycles. The molecule has 0 radical (unpaired) electrons. The molecule has 0 unspecified atom stereocenters. The first kappa shape index (κ1) is 13.0. The van der Waals surface area contributed by atoms with E-state index in [9.17, 15) is 5.11 Å². The Morgan fingerprint density at radius 1 is 1.33 bits per heavy atom. The van der Waals surface area contributed by atoms with Crippen LogP contribution in [0.1, 0.15) is 13.8 Å². The van der Waals surface area contributed by atoms with Crippen molar-refractivity contribution < 1.29 is 5.11 Å². The largest absolute Gasteiger partial charge is 0.394 e. The Balaban J connectivity index is 1.93. The Kier molecular flexibility index (Phi) is 3.68. The third kappa shape index (κ3) is 3.30. The predicted octanol–water partition coefficient (Wildman–Crippen LogP) is -0.0483. The molecular weight excluding hydrogens is 230 g/mol. The molecule has 0 saturated carbocycles. The number of β-amino-alcohol motifs (C(OH)–C–C–N with tert-alkyl or cyclic N) is 1. The van der Waals surface area contributed by atoms with Crippen molar-refractivity contribution in [3.63, 3.8) is 0 Å². The first-order valence-corrected chi connectivity index (χ1v) is 6.21. The van der Waals surface area contributed by atoms with E-state index in [-0.39, 0.29) is 0 Å². The molecule has 100 valence electrons. The van der Waals surface area contributed by atoms with Gasteiger partial charge in [0.1, 0.15) is 6.33 Å². The SMILES string of the molecule is CC(C)(O)CN1CCN(c2ncncc2N)CC1. The molecule has 2 heterocycles. The van der Waals surface area contributed by atoms with E-state index in [0.717, 1.165) is 32.0 Å². The summed E-state index contributed by atoms with van der Waals surface area (Å²) in [6.45, 7) is 7.93. The summed E-state index contributed by atoms with van der Waals surface area (Å²) in [7, 11) is 0. The maximum absolute atomic E-state index is 9.80. The van der Waals surface area contributed by atoms with Gasteiger partial charge in [-0.3, -0.25) is 4.90 Å². The standard InChI is InChI=1S/C12H21N5O/c1-12(2,18)8-16-3-5-17(6-4-16)11-10(13)7-14-9-15-11/h7,9,18H,3-6,8,13H2,1-2H3. The molecule has 6 nitrogen and oxygen atoms in total. The summed E-state index contributed by atoms with van der Waals surface area (Å²) in [6.07, 6.45) is 3.15. The quantitative estimate of drug-likeness (QED) is 0.784. The highest BCUT2D eigenvalue weighted by Gasteiger charge is 2.23. The highest BCUT2D eigenvalue weighted by molar-refractivity contribution is 5.61. The summed E-state index contributed by atoms with van der Waals surface area (Å²) < 4.78 is 0. The molecule has 6 heteroatoms. The molecule has 2 rings (SSSR count). The highest BCUT2D eigenvalue weighted by atomic mass is 16.3. The number of piperazine rings is 1. The monoisotopic (exact) mass is 251 g/mol. The normalized spacial score (nSPS) is 18.1. The smallest absolute Gasteiger partial charge is 0.155 e. The second kappa shape index (κ2) is 5.07. The molecule has 0 aliphatic carbocycles. The van der Waals surface area contributed by atoms with Crippen LogP contribution in [0.4, 0.5) is 11.5 Å². The van der Waals surface area contributed by atoms with Gasteiger partial charge in [0.15, 0.2) is 5.82 Å². The van der Waals surface area contributed by atoms with Gasteiger partial charge in [0.05, 0.1) is 17.5 Å². The number of nitrogen functional groups attached to an aromatic ring is 1. The van der Waals surface area contributed by atoms with Crippen LogP contribution in [0.2, 0.25) is 0 Å². The molecule has 0 amide bonds. The van der Waals surface area contributed by atoms with Crippen molar-refractivity contribution in [3.8, 4) is 0 Å². The maximum atomic E-state index is 9.80. The minimum Gasteiger partial charge on any atom is -0.394 e. The molecule has 0 bridgehead atoms. The van der Waals surface area contributed by atoms with E-state index in [1.54, 1.807) is 6.20 Å². The molecule has 0 aromatic carbocycles. The Morgan fingerprint density at radius 3 is 2.56 bits per heavy atom. The van der Waals surface area contributed by atoms with Crippen molar-refractivity contribution in [2.75, 3.05) is 43.4 Å². The van der Waals surface area contributed by atoms with Crippen molar-refractivity contribution in [1.29, 1.82) is 0 Å². The van der Waals surface area contributed by atoms with E-state index in [1.807, 2.05) is 13.8 Å². The van der Waals surface area contributed by atoms with Gasteiger partial charge in [-0.25, -0.2) is 9.97 Å². The highest BCUT2D eigenvalue weighted by Crippen LogP contribution is 2.20. The molecular formula is C12H21N5O. The zero-order chi connectivity index (χ0) is 13.2. The van der Waals surface area contributed by atoms with E-state index in [2.05, 4.69) is 19.8 Å². The van der Waals surface area contributed by atoms with Crippen LogP contribution < -0.4 is 10.6 Å². The van der Waals surface area contributed by atoms with Crippen LogP contribution in [-0.2, 0) is 0 Å². The lowest BCUT2D eigenvalue weighted by molar-refractivity contribution is 0.0345. The van der Waals surface area contributed by atoms with E-state index in [0.29, 0.717) is 12.2 Å². The van der Waals surface area contributed by atoms with Crippen LogP contribution in [0.25, 0.3) is 0 Å². The molecule has 1 fully saturated rings. The average molecular weight is 251 g/mol. The fourth-order valence-electron chi connectivity index (χ4n) is 2.26. The lowest BCUT2D eigenvalue weighted by Gasteiger charge is -2.38. The van der Waals surface area contributed by atoms with Crippen molar-refractivity contribution in [3.05, 3.63) is 12.5 Å². The lowest BCUT2D eigenvalue weighted by atomic mass is 10.1.